The molecule has 2 saturated heterocycles. The second-order valence-electron chi connectivity index (χ2n) is 4.32. The van der Waals surface area contributed by atoms with E-state index < -0.39 is 32.2 Å². The van der Waals surface area contributed by atoms with Gasteiger partial charge in [-0.2, -0.15) is 0 Å². The Balaban J connectivity index is 2.21. The van der Waals surface area contributed by atoms with Crippen molar-refractivity contribution >= 4 is 7.60 Å². The molecule has 1 unspecified atom stereocenters. The predicted molar refractivity (Wildman–Crippen MR) is 61.6 cm³/mol. The Labute approximate surface area is 106 Å². The Morgan fingerprint density at radius 1 is 1.11 bits per heavy atom. The van der Waals surface area contributed by atoms with Crippen LogP contribution in [0.3, 0.4) is 0 Å². The van der Waals surface area contributed by atoms with Crippen LogP contribution < -0.4 is 0 Å². The molecule has 2 fully saturated rings. The first-order valence-corrected chi connectivity index (χ1v) is 7.65. The highest BCUT2D eigenvalue weighted by Gasteiger charge is 2.52. The molecule has 6 atom stereocenters. The maximum absolute atomic E-state index is 11.9. The van der Waals surface area contributed by atoms with Gasteiger partial charge in [-0.15, -0.1) is 0 Å². The van der Waals surface area contributed by atoms with Crippen molar-refractivity contribution < 1.29 is 32.6 Å². The SMILES string of the molecule is COC1O[C@@H]2CO[P@@](C)(=O)O[C@H]2[C@H](OC)[C@H]1OC. The third-order valence-electron chi connectivity index (χ3n) is 3.15. The zero-order valence-electron chi connectivity index (χ0n) is 10.9. The van der Waals surface area contributed by atoms with Crippen molar-refractivity contribution in [3.63, 3.8) is 0 Å². The average Bonchev–Trinajstić information content (AvgIpc) is 2.35. The van der Waals surface area contributed by atoms with Gasteiger partial charge in [0.25, 0.3) is 0 Å². The maximum Gasteiger partial charge on any atom is 0.328 e. The van der Waals surface area contributed by atoms with E-state index in [1.807, 2.05) is 0 Å². The predicted octanol–water partition coefficient (Wildman–Crippen LogP) is 0.626. The summed E-state index contributed by atoms with van der Waals surface area (Å²) in [5.74, 6) is 0. The van der Waals surface area contributed by atoms with Crippen molar-refractivity contribution in [3.8, 4) is 0 Å². The molecule has 0 amide bonds. The Kier molecular flexibility index (Phi) is 4.44. The molecule has 0 bridgehead atoms. The van der Waals surface area contributed by atoms with Crippen molar-refractivity contribution in [2.45, 2.75) is 30.7 Å². The Morgan fingerprint density at radius 2 is 1.78 bits per heavy atom. The molecule has 0 aliphatic carbocycles. The van der Waals surface area contributed by atoms with Crippen LogP contribution in [0, 0.1) is 0 Å². The lowest BCUT2D eigenvalue weighted by Gasteiger charge is -2.47. The molecule has 0 spiro atoms. The van der Waals surface area contributed by atoms with Crippen LogP contribution in [0.15, 0.2) is 0 Å². The topological polar surface area (TPSA) is 72.5 Å². The fourth-order valence-corrected chi connectivity index (χ4v) is 3.48. The molecular weight excluding hydrogens is 263 g/mol. The molecule has 0 saturated carbocycles. The summed E-state index contributed by atoms with van der Waals surface area (Å²) >= 11 is 0. The van der Waals surface area contributed by atoms with E-state index in [-0.39, 0.29) is 12.7 Å². The third-order valence-corrected chi connectivity index (χ3v) is 4.40. The van der Waals surface area contributed by atoms with Crippen LogP contribution in [0.2, 0.25) is 0 Å². The minimum absolute atomic E-state index is 0.189. The molecule has 0 N–H and O–H groups in total. The van der Waals surface area contributed by atoms with Gasteiger partial charge in [-0.25, -0.2) is 0 Å². The Morgan fingerprint density at radius 3 is 2.33 bits per heavy atom. The smallest absolute Gasteiger partial charge is 0.328 e. The molecular formula is C10H19O7P. The second kappa shape index (κ2) is 5.54. The van der Waals surface area contributed by atoms with Gasteiger partial charge in [-0.3, -0.25) is 9.09 Å². The number of ether oxygens (including phenoxy) is 4. The van der Waals surface area contributed by atoms with E-state index in [1.54, 1.807) is 7.11 Å². The summed E-state index contributed by atoms with van der Waals surface area (Å²) in [6, 6.07) is 0. The standard InChI is InChI=1S/C10H19O7P/c1-12-8-7-6(5-15-18(4,11)17-7)16-10(14-3)9(8)13-2/h6-10H,5H2,1-4H3/t6-,7-,8+,9-,10?,18-/m1/s1. The van der Waals surface area contributed by atoms with Gasteiger partial charge in [0, 0.05) is 28.0 Å². The molecule has 2 heterocycles. The fraction of sp³-hybridized carbons (Fsp3) is 1.00. The zero-order valence-corrected chi connectivity index (χ0v) is 11.8. The van der Waals surface area contributed by atoms with Crippen LogP contribution in [0.4, 0.5) is 0 Å². The summed E-state index contributed by atoms with van der Waals surface area (Å²) < 4.78 is 44.1. The lowest BCUT2D eigenvalue weighted by atomic mass is 9.99. The molecule has 18 heavy (non-hydrogen) atoms. The third kappa shape index (κ3) is 2.63. The number of hydrogen-bond acceptors (Lipinski definition) is 7. The molecule has 7 nitrogen and oxygen atoms in total. The highest BCUT2D eigenvalue weighted by molar-refractivity contribution is 7.53. The van der Waals surface area contributed by atoms with Crippen molar-refractivity contribution in [1.29, 1.82) is 0 Å². The summed E-state index contributed by atoms with van der Waals surface area (Å²) in [5, 5.41) is 0. The van der Waals surface area contributed by atoms with Crippen LogP contribution in [0.25, 0.3) is 0 Å². The zero-order chi connectivity index (χ0) is 13.3. The first kappa shape index (κ1) is 14.4. The first-order chi connectivity index (χ1) is 8.52. The molecule has 0 aromatic carbocycles. The monoisotopic (exact) mass is 282 g/mol. The molecule has 8 heteroatoms. The Bertz CT molecular complexity index is 336. The summed E-state index contributed by atoms with van der Waals surface area (Å²) in [5.41, 5.74) is 0. The second-order valence-corrected chi connectivity index (χ2v) is 6.33. The largest absolute Gasteiger partial charge is 0.376 e. The summed E-state index contributed by atoms with van der Waals surface area (Å²) in [6.45, 7) is 1.62. The molecule has 2 rings (SSSR count). The van der Waals surface area contributed by atoms with Crippen molar-refractivity contribution in [2.24, 2.45) is 0 Å². The van der Waals surface area contributed by atoms with Gasteiger partial charge in [-0.05, 0) is 0 Å². The lowest BCUT2D eigenvalue weighted by molar-refractivity contribution is -0.304. The number of methoxy groups -OCH3 is 3. The van der Waals surface area contributed by atoms with E-state index in [2.05, 4.69) is 0 Å². The van der Waals surface area contributed by atoms with Gasteiger partial charge < -0.3 is 23.5 Å². The summed E-state index contributed by atoms with van der Waals surface area (Å²) in [4.78, 5) is 0. The lowest BCUT2D eigenvalue weighted by Crippen LogP contribution is -2.62. The van der Waals surface area contributed by atoms with E-state index in [4.69, 9.17) is 28.0 Å². The molecule has 106 valence electrons. The van der Waals surface area contributed by atoms with E-state index in [0.717, 1.165) is 0 Å². The van der Waals surface area contributed by atoms with Crippen LogP contribution in [-0.4, -0.2) is 65.3 Å². The Hall–Kier alpha value is -0.0100. The van der Waals surface area contributed by atoms with Crippen LogP contribution >= 0.6 is 7.60 Å². The van der Waals surface area contributed by atoms with Crippen molar-refractivity contribution in [2.75, 3.05) is 34.6 Å². The van der Waals surface area contributed by atoms with Crippen LogP contribution in [0.5, 0.6) is 0 Å². The molecule has 0 aromatic heterocycles. The van der Waals surface area contributed by atoms with Gasteiger partial charge in [-0.1, -0.05) is 0 Å². The summed E-state index contributed by atoms with van der Waals surface area (Å²) in [7, 11) is 1.56. The first-order valence-electron chi connectivity index (χ1n) is 5.66. The molecule has 0 radical (unpaired) electrons. The van der Waals surface area contributed by atoms with Gasteiger partial charge in [0.05, 0.1) is 6.61 Å². The van der Waals surface area contributed by atoms with Gasteiger partial charge >= 0.3 is 7.60 Å². The van der Waals surface area contributed by atoms with E-state index in [1.165, 1.54) is 20.9 Å². The van der Waals surface area contributed by atoms with Crippen LogP contribution in [0.1, 0.15) is 0 Å². The average molecular weight is 282 g/mol. The maximum atomic E-state index is 11.9. The quantitative estimate of drug-likeness (QED) is 0.703. The minimum atomic E-state index is -3.05. The number of hydrogen-bond donors (Lipinski definition) is 0. The number of fused-ring (bicyclic) bond motifs is 1. The highest BCUT2D eigenvalue weighted by atomic mass is 31.2. The van der Waals surface area contributed by atoms with E-state index >= 15 is 0 Å². The number of rotatable bonds is 3. The minimum Gasteiger partial charge on any atom is -0.376 e. The van der Waals surface area contributed by atoms with Crippen LogP contribution in [-0.2, 0) is 32.6 Å². The molecule has 0 aromatic rings. The van der Waals surface area contributed by atoms with Crippen molar-refractivity contribution in [3.05, 3.63) is 0 Å². The summed E-state index contributed by atoms with van der Waals surface area (Å²) in [6.07, 6.45) is -2.30. The van der Waals surface area contributed by atoms with Gasteiger partial charge in [0.15, 0.2) is 6.29 Å². The molecule has 2 aliphatic rings. The molecule has 2 aliphatic heterocycles. The fourth-order valence-electron chi connectivity index (χ4n) is 2.31. The normalized spacial score (nSPS) is 48.8. The van der Waals surface area contributed by atoms with E-state index in [0.29, 0.717) is 0 Å². The van der Waals surface area contributed by atoms with E-state index in [9.17, 15) is 4.57 Å². The van der Waals surface area contributed by atoms with Crippen molar-refractivity contribution in [1.82, 2.24) is 0 Å². The van der Waals surface area contributed by atoms with Gasteiger partial charge in [0.2, 0.25) is 0 Å². The highest BCUT2D eigenvalue weighted by Crippen LogP contribution is 2.51. The van der Waals surface area contributed by atoms with Gasteiger partial charge in [0.1, 0.15) is 24.4 Å².